The van der Waals surface area contributed by atoms with E-state index in [0.29, 0.717) is 5.69 Å². The summed E-state index contributed by atoms with van der Waals surface area (Å²) in [5.41, 5.74) is 0.303. The van der Waals surface area contributed by atoms with E-state index < -0.39 is 36.6 Å². The minimum absolute atomic E-state index is 0.134. The summed E-state index contributed by atoms with van der Waals surface area (Å²) in [6.07, 6.45) is -5.52. The zero-order valence-electron chi connectivity index (χ0n) is 17.2. The number of hydrogen-bond donors (Lipinski definition) is 1. The van der Waals surface area contributed by atoms with Crippen LogP contribution in [0.1, 0.15) is 49.0 Å². The van der Waals surface area contributed by atoms with E-state index in [2.05, 4.69) is 10.3 Å². The van der Waals surface area contributed by atoms with Gasteiger partial charge >= 0.3 is 12.3 Å². The smallest absolute Gasteiger partial charge is 0.410 e. The fraction of sp³-hybridized carbons (Fsp3) is 0.450. The van der Waals surface area contributed by atoms with E-state index in [-0.39, 0.29) is 18.0 Å². The number of aromatic nitrogens is 1. The van der Waals surface area contributed by atoms with Crippen molar-refractivity contribution >= 4 is 17.7 Å². The summed E-state index contributed by atoms with van der Waals surface area (Å²) in [6, 6.07) is 6.71. The lowest BCUT2D eigenvalue weighted by Crippen LogP contribution is -2.33. The molecule has 0 aliphatic rings. The second-order valence-corrected chi connectivity index (χ2v) is 7.73. The molecule has 30 heavy (non-hydrogen) atoms. The van der Waals surface area contributed by atoms with E-state index in [1.165, 1.54) is 4.90 Å². The number of nitrogens with one attached hydrogen (secondary N) is 1. The van der Waals surface area contributed by atoms with Crippen LogP contribution in [0, 0.1) is 0 Å². The van der Waals surface area contributed by atoms with Gasteiger partial charge in [0.1, 0.15) is 11.4 Å². The molecule has 0 aliphatic carbocycles. The summed E-state index contributed by atoms with van der Waals surface area (Å²) < 4.78 is 47.5. The molecule has 0 spiro atoms. The van der Waals surface area contributed by atoms with Crippen molar-refractivity contribution in [3.8, 4) is 0 Å². The van der Waals surface area contributed by atoms with Gasteiger partial charge in [0, 0.05) is 25.7 Å². The Hall–Kier alpha value is -3.04. The zero-order valence-corrected chi connectivity index (χ0v) is 17.2. The summed E-state index contributed by atoms with van der Waals surface area (Å²) >= 11 is 0. The summed E-state index contributed by atoms with van der Waals surface area (Å²) in [5, 5.41) is 2.59. The Morgan fingerprint density at radius 3 is 2.57 bits per heavy atom. The number of amides is 2. The van der Waals surface area contributed by atoms with Gasteiger partial charge in [-0.05, 0) is 38.5 Å². The second-order valence-electron chi connectivity index (χ2n) is 7.73. The lowest BCUT2D eigenvalue weighted by molar-refractivity contribution is -0.134. The van der Waals surface area contributed by atoms with Gasteiger partial charge in [-0.15, -0.1) is 0 Å². The Labute approximate surface area is 172 Å². The average molecular weight is 427 g/mol. The van der Waals surface area contributed by atoms with Crippen molar-refractivity contribution in [3.63, 3.8) is 0 Å². The van der Waals surface area contributed by atoms with E-state index >= 15 is 0 Å². The van der Waals surface area contributed by atoms with Crippen molar-refractivity contribution in [2.75, 3.05) is 12.4 Å². The Balaban J connectivity index is 2.03. The number of oxazole rings is 1. The highest BCUT2D eigenvalue weighted by Gasteiger charge is 2.29. The molecule has 10 heteroatoms. The van der Waals surface area contributed by atoms with Gasteiger partial charge in [-0.1, -0.05) is 12.1 Å². The van der Waals surface area contributed by atoms with Crippen LogP contribution >= 0.6 is 0 Å². The maximum atomic E-state index is 12.4. The molecule has 0 atom stereocenters. The van der Waals surface area contributed by atoms with Crippen molar-refractivity contribution in [2.24, 2.45) is 0 Å². The van der Waals surface area contributed by atoms with Gasteiger partial charge in [0.05, 0.1) is 6.42 Å². The molecule has 0 radical (unpaired) electrons. The van der Waals surface area contributed by atoms with Crippen molar-refractivity contribution in [1.29, 1.82) is 0 Å². The number of aryl methyl sites for hydroxylation is 1. The lowest BCUT2D eigenvalue weighted by Gasteiger charge is -2.24. The monoisotopic (exact) mass is 427 g/mol. The minimum Gasteiger partial charge on any atom is -0.448 e. The molecule has 0 fully saturated rings. The van der Waals surface area contributed by atoms with Gasteiger partial charge in [0.15, 0.2) is 12.1 Å². The SMILES string of the molecule is CN(Cc1cccc(NC(=O)c2ncoc2CCC(F)(F)F)c1)C(=O)OC(C)(C)C. The van der Waals surface area contributed by atoms with Gasteiger partial charge in [0.25, 0.3) is 5.91 Å². The highest BCUT2D eigenvalue weighted by atomic mass is 19.4. The highest BCUT2D eigenvalue weighted by molar-refractivity contribution is 6.03. The number of halogens is 3. The van der Waals surface area contributed by atoms with Crippen LogP contribution in [0.25, 0.3) is 0 Å². The molecule has 0 aliphatic heterocycles. The standard InChI is InChI=1S/C20H24F3N3O4/c1-19(2,3)30-18(28)26(4)11-13-6-5-7-14(10-13)25-17(27)16-15(29-12-24-16)8-9-20(21,22)23/h5-7,10,12H,8-9,11H2,1-4H3,(H,25,27). The van der Waals surface area contributed by atoms with E-state index in [1.807, 2.05) is 0 Å². The first-order valence-electron chi connectivity index (χ1n) is 9.17. The maximum absolute atomic E-state index is 12.4. The number of carbonyl (C=O) groups excluding carboxylic acids is 2. The molecule has 2 amide bonds. The third-order valence-electron chi connectivity index (χ3n) is 3.80. The van der Waals surface area contributed by atoms with Crippen LogP contribution in [-0.4, -0.2) is 40.7 Å². The van der Waals surface area contributed by atoms with Crippen LogP contribution in [0.3, 0.4) is 0 Å². The Morgan fingerprint density at radius 2 is 1.93 bits per heavy atom. The van der Waals surface area contributed by atoms with Gasteiger partial charge in [-0.2, -0.15) is 13.2 Å². The van der Waals surface area contributed by atoms with Crippen molar-refractivity contribution in [2.45, 2.75) is 51.9 Å². The number of rotatable bonds is 6. The largest absolute Gasteiger partial charge is 0.448 e. The Kier molecular flexibility index (Phi) is 7.12. The van der Waals surface area contributed by atoms with Crippen LogP contribution in [0.15, 0.2) is 35.1 Å². The van der Waals surface area contributed by atoms with Crippen LogP contribution in [-0.2, 0) is 17.7 Å². The molecule has 1 aromatic heterocycles. The molecule has 164 valence electrons. The highest BCUT2D eigenvalue weighted by Crippen LogP contribution is 2.23. The molecule has 0 bridgehead atoms. The van der Waals surface area contributed by atoms with Crippen molar-refractivity contribution in [3.05, 3.63) is 47.7 Å². The molecule has 2 rings (SSSR count). The van der Waals surface area contributed by atoms with Gasteiger partial charge in [-0.25, -0.2) is 9.78 Å². The normalized spacial score (nSPS) is 11.8. The van der Waals surface area contributed by atoms with Crippen LogP contribution in [0.4, 0.5) is 23.7 Å². The third kappa shape index (κ3) is 7.41. The van der Waals surface area contributed by atoms with Gasteiger partial charge in [-0.3, -0.25) is 4.79 Å². The van der Waals surface area contributed by atoms with Crippen LogP contribution in [0.5, 0.6) is 0 Å². The fourth-order valence-electron chi connectivity index (χ4n) is 2.50. The Morgan fingerprint density at radius 1 is 1.23 bits per heavy atom. The van der Waals surface area contributed by atoms with Crippen molar-refractivity contribution in [1.82, 2.24) is 9.88 Å². The predicted molar refractivity (Wildman–Crippen MR) is 103 cm³/mol. The molecular weight excluding hydrogens is 403 g/mol. The lowest BCUT2D eigenvalue weighted by atomic mass is 10.1. The number of alkyl halides is 3. The molecule has 1 aromatic carbocycles. The van der Waals surface area contributed by atoms with E-state index in [4.69, 9.17) is 9.15 Å². The Bertz CT molecular complexity index is 888. The fourth-order valence-corrected chi connectivity index (χ4v) is 2.50. The molecule has 1 heterocycles. The third-order valence-corrected chi connectivity index (χ3v) is 3.80. The first-order valence-corrected chi connectivity index (χ1v) is 9.17. The van der Waals surface area contributed by atoms with Gasteiger partial charge < -0.3 is 19.4 Å². The van der Waals surface area contributed by atoms with E-state index in [1.54, 1.807) is 52.1 Å². The van der Waals surface area contributed by atoms with E-state index in [9.17, 15) is 22.8 Å². The number of benzene rings is 1. The summed E-state index contributed by atoms with van der Waals surface area (Å²) in [7, 11) is 1.58. The second kappa shape index (κ2) is 9.19. The predicted octanol–water partition coefficient (Wildman–Crippen LogP) is 4.79. The quantitative estimate of drug-likeness (QED) is 0.717. The van der Waals surface area contributed by atoms with Crippen LogP contribution < -0.4 is 5.32 Å². The topological polar surface area (TPSA) is 84.7 Å². The molecule has 0 unspecified atom stereocenters. The molecular formula is C20H24F3N3O4. The summed E-state index contributed by atoms with van der Waals surface area (Å²) in [4.78, 5) is 29.6. The first-order chi connectivity index (χ1) is 13.8. The number of anilines is 1. The maximum Gasteiger partial charge on any atom is 0.410 e. The number of ether oxygens (including phenoxy) is 1. The molecule has 0 saturated heterocycles. The van der Waals surface area contributed by atoms with Crippen LogP contribution in [0.2, 0.25) is 0 Å². The average Bonchev–Trinajstić information content (AvgIpc) is 3.07. The minimum atomic E-state index is -4.37. The first kappa shape index (κ1) is 23.2. The molecule has 1 N–H and O–H groups in total. The molecule has 0 saturated carbocycles. The summed E-state index contributed by atoms with van der Waals surface area (Å²) in [5.74, 6) is -0.816. The number of carbonyl (C=O) groups is 2. The molecule has 2 aromatic rings. The van der Waals surface area contributed by atoms with Crippen molar-refractivity contribution < 1.29 is 31.9 Å². The number of nitrogens with zero attached hydrogens (tertiary/aromatic N) is 2. The zero-order chi connectivity index (χ0) is 22.5. The van der Waals surface area contributed by atoms with Gasteiger partial charge in [0.2, 0.25) is 0 Å². The molecule has 7 nitrogen and oxygen atoms in total. The number of hydrogen-bond acceptors (Lipinski definition) is 5. The summed E-state index contributed by atoms with van der Waals surface area (Å²) in [6.45, 7) is 5.53. The van der Waals surface area contributed by atoms with E-state index in [0.717, 1.165) is 12.0 Å².